The Morgan fingerprint density at radius 3 is 2.17 bits per heavy atom. The zero-order valence-corrected chi connectivity index (χ0v) is 11.4. The molecule has 0 bridgehead atoms. The van der Waals surface area contributed by atoms with Crippen molar-refractivity contribution in [2.45, 2.75) is 39.5 Å². The van der Waals surface area contributed by atoms with E-state index in [9.17, 15) is 9.59 Å². The fourth-order valence-electron chi connectivity index (χ4n) is 1.32. The van der Waals surface area contributed by atoms with Gasteiger partial charge < -0.3 is 9.53 Å². The summed E-state index contributed by atoms with van der Waals surface area (Å²) < 4.78 is 4.50. The molecule has 0 spiro atoms. The van der Waals surface area contributed by atoms with Gasteiger partial charge in [0.1, 0.15) is 5.78 Å². The fourth-order valence-corrected chi connectivity index (χ4v) is 1.32. The van der Waals surface area contributed by atoms with Crippen molar-refractivity contribution in [3.63, 3.8) is 0 Å². The summed E-state index contributed by atoms with van der Waals surface area (Å²) in [7, 11) is 1.37. The predicted octanol–water partition coefficient (Wildman–Crippen LogP) is 3.63. The Bertz CT molecular complexity index is 344. The molecule has 0 unspecified atom stereocenters. The zero-order chi connectivity index (χ0) is 13.8. The van der Waals surface area contributed by atoms with Gasteiger partial charge in [-0.15, -0.1) is 0 Å². The summed E-state index contributed by atoms with van der Waals surface area (Å²) in [4.78, 5) is 21.1. The van der Waals surface area contributed by atoms with Crippen molar-refractivity contribution in [3.05, 3.63) is 35.9 Å². The second-order valence-electron chi connectivity index (χ2n) is 4.02. The third-order valence-electron chi connectivity index (χ3n) is 2.33. The molecule has 0 amide bonds. The molecule has 0 saturated heterocycles. The Balaban J connectivity index is 0.000000331. The highest BCUT2D eigenvalue weighted by atomic mass is 16.5. The van der Waals surface area contributed by atoms with Crippen LogP contribution in [0.3, 0.4) is 0 Å². The molecule has 0 aliphatic carbocycles. The highest BCUT2D eigenvalue weighted by Crippen LogP contribution is 1.99. The van der Waals surface area contributed by atoms with E-state index in [0.717, 1.165) is 12.8 Å². The third kappa shape index (κ3) is 8.50. The highest BCUT2D eigenvalue weighted by Gasteiger charge is 2.00. The lowest BCUT2D eigenvalue weighted by molar-refractivity contribution is -0.117. The molecule has 0 radical (unpaired) electrons. The summed E-state index contributed by atoms with van der Waals surface area (Å²) in [6.07, 6.45) is 4.24. The van der Waals surface area contributed by atoms with Crippen LogP contribution in [0.25, 0.3) is 0 Å². The van der Waals surface area contributed by atoms with Crippen LogP contribution in [0, 0.1) is 0 Å². The number of Topliss-reactive ketones (excluding diaryl/α,β-unsaturated/α-hetero) is 1. The summed E-state index contributed by atoms with van der Waals surface area (Å²) in [6, 6.07) is 8.88. The van der Waals surface area contributed by atoms with E-state index in [1.165, 1.54) is 20.0 Å². The molecule has 1 rings (SSSR count). The molecular weight excluding hydrogens is 228 g/mol. The monoisotopic (exact) mass is 250 g/mol. The molecule has 0 fully saturated rings. The number of hydrogen-bond donors (Lipinski definition) is 0. The maximum absolute atomic E-state index is 10.8. The van der Waals surface area contributed by atoms with E-state index in [0.29, 0.717) is 11.3 Å². The number of methoxy groups -OCH3 is 1. The molecule has 1 aromatic rings. The number of carbonyl (C=O) groups excluding carboxylic acids is 2. The standard InChI is InChI=1S/C8H8O2.C7H14O/c1-10-8(9)7-5-3-2-4-6-7;1-3-4-5-6-7(2)8/h2-6H,1H3;3-6H2,1-2H3. The van der Waals surface area contributed by atoms with Gasteiger partial charge in [-0.1, -0.05) is 38.0 Å². The number of carbonyl (C=O) groups is 2. The van der Waals surface area contributed by atoms with Gasteiger partial charge in [0, 0.05) is 6.42 Å². The van der Waals surface area contributed by atoms with Gasteiger partial charge in [0.05, 0.1) is 12.7 Å². The van der Waals surface area contributed by atoms with Crippen LogP contribution in [0.5, 0.6) is 0 Å². The average molecular weight is 250 g/mol. The first kappa shape index (κ1) is 16.4. The Hall–Kier alpha value is -1.64. The summed E-state index contributed by atoms with van der Waals surface area (Å²) in [5.41, 5.74) is 0.588. The number of esters is 1. The number of benzene rings is 1. The minimum absolute atomic E-state index is 0.291. The molecule has 100 valence electrons. The number of hydrogen-bond acceptors (Lipinski definition) is 3. The van der Waals surface area contributed by atoms with Crippen LogP contribution < -0.4 is 0 Å². The normalized spacial score (nSPS) is 9.06. The molecule has 0 aliphatic rings. The van der Waals surface area contributed by atoms with Gasteiger partial charge in [-0.25, -0.2) is 4.79 Å². The van der Waals surface area contributed by atoms with E-state index in [1.54, 1.807) is 31.2 Å². The SMILES string of the molecule is CCCCCC(C)=O.COC(=O)c1ccccc1. The van der Waals surface area contributed by atoms with Gasteiger partial charge in [0.25, 0.3) is 0 Å². The minimum atomic E-state index is -0.291. The largest absolute Gasteiger partial charge is 0.465 e. The van der Waals surface area contributed by atoms with Gasteiger partial charge in [0.15, 0.2) is 0 Å². The number of ketones is 1. The van der Waals surface area contributed by atoms with Gasteiger partial charge in [-0.2, -0.15) is 0 Å². The molecule has 0 saturated carbocycles. The van der Waals surface area contributed by atoms with Crippen molar-refractivity contribution in [3.8, 4) is 0 Å². The summed E-state index contributed by atoms with van der Waals surface area (Å²) in [6.45, 7) is 3.79. The molecule has 3 heteroatoms. The zero-order valence-electron chi connectivity index (χ0n) is 11.4. The lowest BCUT2D eigenvalue weighted by Gasteiger charge is -1.95. The Morgan fingerprint density at radius 2 is 1.72 bits per heavy atom. The molecule has 0 aromatic heterocycles. The first-order chi connectivity index (χ1) is 8.61. The smallest absolute Gasteiger partial charge is 0.337 e. The van der Waals surface area contributed by atoms with Gasteiger partial charge >= 0.3 is 5.97 Å². The van der Waals surface area contributed by atoms with Gasteiger partial charge in [-0.05, 0) is 25.5 Å². The van der Waals surface area contributed by atoms with Crippen molar-refractivity contribution in [1.82, 2.24) is 0 Å². The van der Waals surface area contributed by atoms with E-state index in [2.05, 4.69) is 11.7 Å². The van der Waals surface area contributed by atoms with E-state index < -0.39 is 0 Å². The van der Waals surface area contributed by atoms with Crippen molar-refractivity contribution in [1.29, 1.82) is 0 Å². The van der Waals surface area contributed by atoms with Crippen LogP contribution in [0.4, 0.5) is 0 Å². The maximum Gasteiger partial charge on any atom is 0.337 e. The summed E-state index contributed by atoms with van der Waals surface area (Å²) in [5.74, 6) is 0.0269. The molecule has 0 atom stereocenters. The van der Waals surface area contributed by atoms with Crippen molar-refractivity contribution in [2.75, 3.05) is 7.11 Å². The first-order valence-corrected chi connectivity index (χ1v) is 6.24. The molecule has 18 heavy (non-hydrogen) atoms. The summed E-state index contributed by atoms with van der Waals surface area (Å²) in [5, 5.41) is 0. The summed E-state index contributed by atoms with van der Waals surface area (Å²) >= 11 is 0. The van der Waals surface area contributed by atoms with Crippen LogP contribution >= 0.6 is 0 Å². The van der Waals surface area contributed by atoms with E-state index in [1.807, 2.05) is 6.07 Å². The molecule has 1 aromatic carbocycles. The average Bonchev–Trinajstić information content (AvgIpc) is 2.39. The van der Waals surface area contributed by atoms with Crippen molar-refractivity contribution >= 4 is 11.8 Å². The number of rotatable bonds is 5. The molecule has 0 N–H and O–H groups in total. The quantitative estimate of drug-likeness (QED) is 0.592. The van der Waals surface area contributed by atoms with E-state index in [4.69, 9.17) is 0 Å². The topological polar surface area (TPSA) is 43.4 Å². The Labute approximate surface area is 109 Å². The Morgan fingerprint density at radius 1 is 1.11 bits per heavy atom. The number of ether oxygens (including phenoxy) is 1. The first-order valence-electron chi connectivity index (χ1n) is 6.24. The van der Waals surface area contributed by atoms with Crippen molar-refractivity contribution < 1.29 is 14.3 Å². The van der Waals surface area contributed by atoms with E-state index in [-0.39, 0.29) is 5.97 Å². The van der Waals surface area contributed by atoms with Gasteiger partial charge in [0.2, 0.25) is 0 Å². The third-order valence-corrected chi connectivity index (χ3v) is 2.33. The van der Waals surface area contributed by atoms with Crippen LogP contribution in [-0.2, 0) is 9.53 Å². The highest BCUT2D eigenvalue weighted by molar-refractivity contribution is 5.89. The number of unbranched alkanes of at least 4 members (excludes halogenated alkanes) is 2. The Kier molecular flexibility index (Phi) is 9.55. The second-order valence-corrected chi connectivity index (χ2v) is 4.02. The lowest BCUT2D eigenvalue weighted by Crippen LogP contribution is -1.99. The maximum atomic E-state index is 10.8. The van der Waals surface area contributed by atoms with Crippen LogP contribution in [-0.4, -0.2) is 18.9 Å². The van der Waals surface area contributed by atoms with E-state index >= 15 is 0 Å². The molecular formula is C15H22O3. The molecule has 0 aliphatic heterocycles. The second kappa shape index (κ2) is 10.5. The van der Waals surface area contributed by atoms with Crippen molar-refractivity contribution in [2.24, 2.45) is 0 Å². The van der Waals surface area contributed by atoms with Crippen LogP contribution in [0.2, 0.25) is 0 Å². The van der Waals surface area contributed by atoms with Gasteiger partial charge in [-0.3, -0.25) is 0 Å². The minimum Gasteiger partial charge on any atom is -0.465 e. The lowest BCUT2D eigenvalue weighted by atomic mass is 10.2. The van der Waals surface area contributed by atoms with Crippen LogP contribution in [0.1, 0.15) is 49.9 Å². The molecule has 3 nitrogen and oxygen atoms in total. The molecule has 0 heterocycles. The fraction of sp³-hybridized carbons (Fsp3) is 0.467. The van der Waals surface area contributed by atoms with Crippen LogP contribution in [0.15, 0.2) is 30.3 Å². The predicted molar refractivity (Wildman–Crippen MR) is 72.6 cm³/mol.